The molecule has 0 aromatic heterocycles. The van der Waals surface area contributed by atoms with Gasteiger partial charge in [0.05, 0.1) is 0 Å². The van der Waals surface area contributed by atoms with Gasteiger partial charge in [0.25, 0.3) is 0 Å². The van der Waals surface area contributed by atoms with E-state index >= 15 is 0 Å². The summed E-state index contributed by atoms with van der Waals surface area (Å²) in [5.74, 6) is 17.9. The van der Waals surface area contributed by atoms with Gasteiger partial charge in [0.15, 0.2) is 0 Å². The largest absolute Gasteiger partial charge is 0.0594 e. The topological polar surface area (TPSA) is 0 Å². The molecule has 0 heterocycles. The molecule has 9 rings (SSSR count). The lowest BCUT2D eigenvalue weighted by molar-refractivity contribution is -0.113. The summed E-state index contributed by atoms with van der Waals surface area (Å²) in [6.45, 7) is 5.47. The van der Waals surface area contributed by atoms with Gasteiger partial charge in [-0.15, -0.1) is 0 Å². The summed E-state index contributed by atoms with van der Waals surface area (Å²) in [6.07, 6.45) is 38.6. The molecule has 242 valence electrons. The van der Waals surface area contributed by atoms with Crippen molar-refractivity contribution in [2.75, 3.05) is 0 Å². The van der Waals surface area contributed by atoms with E-state index in [1.165, 1.54) is 6.42 Å². The molecule has 0 N–H and O–H groups in total. The minimum absolute atomic E-state index is 0.632. The molecule has 0 bridgehead atoms. The van der Waals surface area contributed by atoms with Crippen molar-refractivity contribution in [2.45, 2.75) is 168 Å². The Labute approximate surface area is 267 Å². The van der Waals surface area contributed by atoms with Crippen LogP contribution in [0.5, 0.6) is 0 Å². The monoisotopic (exact) mass is 587 g/mol. The van der Waals surface area contributed by atoms with E-state index in [2.05, 4.69) is 13.8 Å². The second-order valence-corrected chi connectivity index (χ2v) is 19.9. The quantitative estimate of drug-likeness (QED) is 0.302. The van der Waals surface area contributed by atoms with Crippen molar-refractivity contribution < 1.29 is 0 Å². The zero-order valence-electron chi connectivity index (χ0n) is 28.7. The van der Waals surface area contributed by atoms with Crippen molar-refractivity contribution in [3.8, 4) is 0 Å². The van der Waals surface area contributed by atoms with Crippen LogP contribution in [0.4, 0.5) is 0 Å². The van der Waals surface area contributed by atoms with Gasteiger partial charge >= 0.3 is 0 Å². The molecule has 9 fully saturated rings. The molecule has 9 aliphatic rings. The van der Waals surface area contributed by atoms with Crippen LogP contribution in [0, 0.1) is 100 Å². The molecule has 0 aromatic rings. The fourth-order valence-corrected chi connectivity index (χ4v) is 17.1. The lowest BCUT2D eigenvalue weighted by Crippen LogP contribution is -2.53. The lowest BCUT2D eigenvalue weighted by Gasteiger charge is -2.60. The van der Waals surface area contributed by atoms with Gasteiger partial charge in [0.2, 0.25) is 0 Å². The van der Waals surface area contributed by atoms with E-state index in [0.29, 0.717) is 5.41 Å². The maximum absolute atomic E-state index is 2.74. The Morgan fingerprint density at radius 1 is 0.302 bits per heavy atom. The molecule has 43 heavy (non-hydrogen) atoms. The Kier molecular flexibility index (Phi) is 7.87. The van der Waals surface area contributed by atoms with E-state index in [-0.39, 0.29) is 0 Å². The summed E-state index contributed by atoms with van der Waals surface area (Å²) in [5, 5.41) is 0. The van der Waals surface area contributed by atoms with E-state index in [1.807, 2.05) is 0 Å². The van der Waals surface area contributed by atoms with Crippen LogP contribution < -0.4 is 0 Å². The third-order valence-electron chi connectivity index (χ3n) is 18.6. The van der Waals surface area contributed by atoms with Crippen LogP contribution >= 0.6 is 0 Å². The molecule has 0 aliphatic heterocycles. The fourth-order valence-electron chi connectivity index (χ4n) is 17.1. The first-order valence-electron chi connectivity index (χ1n) is 21.1. The maximum atomic E-state index is 2.74. The SMILES string of the molecule is CC1(C)C2CCCCC2C2CCC(C3CCC4C(CCCC4C4CC5CCCCC5C5C6CCCCC6CCC45)C3)CC21. The second kappa shape index (κ2) is 11.6. The van der Waals surface area contributed by atoms with Crippen LogP contribution in [0.25, 0.3) is 0 Å². The van der Waals surface area contributed by atoms with Crippen molar-refractivity contribution in [2.24, 2.45) is 100 Å². The molecule has 9 aliphatic carbocycles. The van der Waals surface area contributed by atoms with Crippen molar-refractivity contribution in [1.82, 2.24) is 0 Å². The van der Waals surface area contributed by atoms with Crippen LogP contribution in [-0.4, -0.2) is 0 Å². The summed E-state index contributed by atoms with van der Waals surface area (Å²) in [7, 11) is 0. The van der Waals surface area contributed by atoms with Crippen LogP contribution in [0.2, 0.25) is 0 Å². The molecule has 16 unspecified atom stereocenters. The smallest absolute Gasteiger partial charge is 0.0292 e. The average molecular weight is 587 g/mol. The molecule has 16 atom stereocenters. The van der Waals surface area contributed by atoms with Crippen LogP contribution in [0.1, 0.15) is 168 Å². The molecule has 0 aromatic carbocycles. The minimum atomic E-state index is 0.632. The maximum Gasteiger partial charge on any atom is -0.0292 e. The first kappa shape index (κ1) is 29.2. The van der Waals surface area contributed by atoms with Gasteiger partial charge in [-0.05, 0) is 190 Å². The van der Waals surface area contributed by atoms with Gasteiger partial charge in [-0.1, -0.05) is 78.1 Å². The zero-order chi connectivity index (χ0) is 28.7. The van der Waals surface area contributed by atoms with Gasteiger partial charge in [0.1, 0.15) is 0 Å². The summed E-state index contributed by atoms with van der Waals surface area (Å²) in [4.78, 5) is 0. The second-order valence-electron chi connectivity index (χ2n) is 19.9. The molecule has 0 heteroatoms. The van der Waals surface area contributed by atoms with Gasteiger partial charge < -0.3 is 0 Å². The number of rotatable bonds is 2. The first-order valence-corrected chi connectivity index (χ1v) is 21.1. The standard InChI is InChI=1S/C43H70/c1-43(2)40-17-8-7-15-36(40)37-22-20-29(26-41(37)43)28-19-21-32-30(24-28)12-9-16-35(32)39-25-31-11-4-6-14-34(31)42-33-13-5-3-10-27(33)18-23-38(39)42/h27-42H,3-26H2,1-2H3. The third-order valence-corrected chi connectivity index (χ3v) is 18.6. The van der Waals surface area contributed by atoms with Crippen LogP contribution in [0.15, 0.2) is 0 Å². The van der Waals surface area contributed by atoms with Crippen molar-refractivity contribution in [1.29, 1.82) is 0 Å². The molecule has 0 nitrogen and oxygen atoms in total. The van der Waals surface area contributed by atoms with E-state index in [4.69, 9.17) is 0 Å². The number of hydrogen-bond donors (Lipinski definition) is 0. The normalized spacial score (nSPS) is 56.0. The van der Waals surface area contributed by atoms with E-state index < -0.39 is 0 Å². The molecular formula is C43H70. The highest BCUT2D eigenvalue weighted by molar-refractivity contribution is 5.07. The van der Waals surface area contributed by atoms with Gasteiger partial charge in [-0.2, -0.15) is 0 Å². The van der Waals surface area contributed by atoms with Crippen LogP contribution in [-0.2, 0) is 0 Å². The molecule has 0 amide bonds. The Morgan fingerprint density at radius 2 is 0.837 bits per heavy atom. The highest BCUT2D eigenvalue weighted by Crippen LogP contribution is 2.66. The first-order chi connectivity index (χ1) is 21.1. The molecule has 0 radical (unpaired) electrons. The minimum Gasteiger partial charge on any atom is -0.0594 e. The van der Waals surface area contributed by atoms with Gasteiger partial charge in [-0.25, -0.2) is 0 Å². The van der Waals surface area contributed by atoms with Gasteiger partial charge in [0, 0.05) is 0 Å². The van der Waals surface area contributed by atoms with E-state index in [9.17, 15) is 0 Å². The Bertz CT molecular complexity index is 971. The highest BCUT2D eigenvalue weighted by Gasteiger charge is 2.58. The fraction of sp³-hybridized carbons (Fsp3) is 1.00. The molecular weight excluding hydrogens is 516 g/mol. The van der Waals surface area contributed by atoms with Gasteiger partial charge in [-0.3, -0.25) is 0 Å². The van der Waals surface area contributed by atoms with Crippen LogP contribution in [0.3, 0.4) is 0 Å². The summed E-state index contributed by atoms with van der Waals surface area (Å²) in [6, 6.07) is 0. The average Bonchev–Trinajstić information content (AvgIpc) is 3.29. The molecule has 0 saturated heterocycles. The van der Waals surface area contributed by atoms with E-state index in [1.54, 1.807) is 148 Å². The van der Waals surface area contributed by atoms with Crippen molar-refractivity contribution >= 4 is 0 Å². The predicted octanol–water partition coefficient (Wildman–Crippen LogP) is 12.4. The van der Waals surface area contributed by atoms with Crippen molar-refractivity contribution in [3.63, 3.8) is 0 Å². The number of fused-ring (bicyclic) bond motifs is 9. The van der Waals surface area contributed by atoms with E-state index in [0.717, 1.165) is 94.7 Å². The summed E-state index contributed by atoms with van der Waals surface area (Å²) in [5.41, 5.74) is 0.632. The number of hydrogen-bond acceptors (Lipinski definition) is 0. The third kappa shape index (κ3) is 4.83. The highest BCUT2D eigenvalue weighted by atomic mass is 14.6. The lowest BCUT2D eigenvalue weighted by atomic mass is 9.45. The Morgan fingerprint density at radius 3 is 1.67 bits per heavy atom. The predicted molar refractivity (Wildman–Crippen MR) is 180 cm³/mol. The summed E-state index contributed by atoms with van der Waals surface area (Å²) < 4.78 is 0. The summed E-state index contributed by atoms with van der Waals surface area (Å²) >= 11 is 0. The Balaban J connectivity index is 0.908. The molecule has 0 spiro atoms. The van der Waals surface area contributed by atoms with Crippen molar-refractivity contribution in [3.05, 3.63) is 0 Å². The Hall–Kier alpha value is 0. The zero-order valence-corrected chi connectivity index (χ0v) is 28.7. The molecule has 9 saturated carbocycles.